The predicted molar refractivity (Wildman–Crippen MR) is 98.6 cm³/mol. The normalized spacial score (nSPS) is 16.8. The summed E-state index contributed by atoms with van der Waals surface area (Å²) in [6.07, 6.45) is -0.288. The van der Waals surface area contributed by atoms with E-state index in [-0.39, 0.29) is 18.1 Å². The molecule has 27 heavy (non-hydrogen) atoms. The third kappa shape index (κ3) is 4.69. The molecule has 0 fully saturated rings. The van der Waals surface area contributed by atoms with E-state index >= 15 is 0 Å². The van der Waals surface area contributed by atoms with E-state index in [4.69, 9.17) is 4.84 Å². The van der Waals surface area contributed by atoms with E-state index in [0.717, 1.165) is 5.56 Å². The van der Waals surface area contributed by atoms with Crippen molar-refractivity contribution >= 4 is 17.5 Å². The van der Waals surface area contributed by atoms with Crippen molar-refractivity contribution < 1.29 is 18.8 Å². The van der Waals surface area contributed by atoms with Gasteiger partial charge in [-0.2, -0.15) is 0 Å². The van der Waals surface area contributed by atoms with Gasteiger partial charge in [-0.3, -0.25) is 9.59 Å². The van der Waals surface area contributed by atoms with Crippen LogP contribution >= 0.6 is 0 Å². The lowest BCUT2D eigenvalue weighted by Crippen LogP contribution is -2.50. The quantitative estimate of drug-likeness (QED) is 0.815. The van der Waals surface area contributed by atoms with Crippen molar-refractivity contribution in [3.8, 4) is 0 Å². The summed E-state index contributed by atoms with van der Waals surface area (Å²) in [4.78, 5) is 29.9. The standard InChI is InChI=1S/C20H20FN3O3/c1-22-19(25)17(10-13-6-3-2-4-7-13)23-20(26)18-12-16(24-27-18)14-8-5-9-15(21)11-14/h2-9,11,17-18H,10,12H2,1H3,(H,22,25)(H,23,26)/t17-,18+/m1/s1. The summed E-state index contributed by atoms with van der Waals surface area (Å²) < 4.78 is 13.4. The fourth-order valence-corrected chi connectivity index (χ4v) is 2.85. The van der Waals surface area contributed by atoms with Crippen LogP contribution in [0.5, 0.6) is 0 Å². The number of benzene rings is 2. The first-order chi connectivity index (χ1) is 13.1. The maximum absolute atomic E-state index is 13.4. The topological polar surface area (TPSA) is 79.8 Å². The van der Waals surface area contributed by atoms with Gasteiger partial charge in [0, 0.05) is 25.5 Å². The molecule has 2 N–H and O–H groups in total. The molecule has 1 aliphatic heterocycles. The van der Waals surface area contributed by atoms with Crippen molar-refractivity contribution in [3.63, 3.8) is 0 Å². The Morgan fingerprint density at radius 2 is 2.00 bits per heavy atom. The second-order valence-corrected chi connectivity index (χ2v) is 6.21. The van der Waals surface area contributed by atoms with Crippen LogP contribution in [-0.4, -0.2) is 36.7 Å². The largest absolute Gasteiger partial charge is 0.382 e. The van der Waals surface area contributed by atoms with Crippen LogP contribution in [0.2, 0.25) is 0 Å². The Morgan fingerprint density at radius 3 is 2.70 bits per heavy atom. The minimum Gasteiger partial charge on any atom is -0.382 e. The van der Waals surface area contributed by atoms with Crippen LogP contribution in [-0.2, 0) is 20.8 Å². The SMILES string of the molecule is CNC(=O)[C@@H](Cc1ccccc1)NC(=O)[C@@H]1CC(c2cccc(F)c2)=NO1. The van der Waals surface area contributed by atoms with Gasteiger partial charge in [0.25, 0.3) is 5.91 Å². The molecule has 0 bridgehead atoms. The van der Waals surface area contributed by atoms with Crippen molar-refractivity contribution in [2.24, 2.45) is 5.16 Å². The molecule has 0 saturated heterocycles. The minimum atomic E-state index is -0.855. The number of oxime groups is 1. The van der Waals surface area contributed by atoms with Crippen LogP contribution in [0, 0.1) is 5.82 Å². The Hall–Kier alpha value is -3.22. The number of amides is 2. The van der Waals surface area contributed by atoms with Crippen LogP contribution < -0.4 is 10.6 Å². The maximum Gasteiger partial charge on any atom is 0.265 e. The highest BCUT2D eigenvalue weighted by Crippen LogP contribution is 2.18. The number of carbonyl (C=O) groups is 2. The predicted octanol–water partition coefficient (Wildman–Crippen LogP) is 1.79. The number of nitrogens with zero attached hydrogens (tertiary/aromatic N) is 1. The van der Waals surface area contributed by atoms with Crippen LogP contribution in [0.15, 0.2) is 59.8 Å². The van der Waals surface area contributed by atoms with Crippen LogP contribution in [0.1, 0.15) is 17.5 Å². The number of nitrogens with one attached hydrogen (secondary N) is 2. The van der Waals surface area contributed by atoms with E-state index < -0.39 is 18.1 Å². The van der Waals surface area contributed by atoms with Gasteiger partial charge in [-0.25, -0.2) is 4.39 Å². The van der Waals surface area contributed by atoms with E-state index in [1.165, 1.54) is 19.2 Å². The zero-order valence-corrected chi connectivity index (χ0v) is 14.8. The summed E-state index contributed by atoms with van der Waals surface area (Å²) in [6, 6.07) is 14.6. The first kappa shape index (κ1) is 18.6. The lowest BCUT2D eigenvalue weighted by molar-refractivity contribution is -0.135. The van der Waals surface area contributed by atoms with Gasteiger partial charge in [0.15, 0.2) is 0 Å². The first-order valence-electron chi connectivity index (χ1n) is 8.61. The van der Waals surface area contributed by atoms with Gasteiger partial charge in [-0.15, -0.1) is 0 Å². The molecule has 2 aromatic rings. The fourth-order valence-electron chi connectivity index (χ4n) is 2.85. The van der Waals surface area contributed by atoms with Gasteiger partial charge in [-0.05, 0) is 17.7 Å². The molecule has 0 radical (unpaired) electrons. The molecular formula is C20H20FN3O3. The lowest BCUT2D eigenvalue weighted by atomic mass is 10.0. The van der Waals surface area contributed by atoms with E-state index in [2.05, 4.69) is 15.8 Å². The molecule has 0 saturated carbocycles. The average Bonchev–Trinajstić information content (AvgIpc) is 3.18. The van der Waals surface area contributed by atoms with Crippen molar-refractivity contribution in [2.75, 3.05) is 7.05 Å². The molecule has 0 spiro atoms. The summed E-state index contributed by atoms with van der Waals surface area (Å²) in [5.74, 6) is -1.11. The zero-order chi connectivity index (χ0) is 19.2. The van der Waals surface area contributed by atoms with Gasteiger partial charge in [0.1, 0.15) is 11.9 Å². The Balaban J connectivity index is 1.63. The molecule has 140 valence electrons. The van der Waals surface area contributed by atoms with Crippen molar-refractivity contribution in [3.05, 3.63) is 71.5 Å². The number of hydrogen-bond acceptors (Lipinski definition) is 4. The second kappa shape index (κ2) is 8.44. The third-order valence-electron chi connectivity index (χ3n) is 4.28. The van der Waals surface area contributed by atoms with Crippen molar-refractivity contribution in [2.45, 2.75) is 25.0 Å². The van der Waals surface area contributed by atoms with Gasteiger partial charge in [-0.1, -0.05) is 47.6 Å². The Labute approximate surface area is 156 Å². The third-order valence-corrected chi connectivity index (χ3v) is 4.28. The molecule has 0 aromatic heterocycles. The summed E-state index contributed by atoms with van der Waals surface area (Å²) in [7, 11) is 1.52. The average molecular weight is 369 g/mol. The van der Waals surface area contributed by atoms with Gasteiger partial charge >= 0.3 is 0 Å². The van der Waals surface area contributed by atoms with Crippen molar-refractivity contribution in [1.29, 1.82) is 0 Å². The number of halogens is 1. The van der Waals surface area contributed by atoms with E-state index in [0.29, 0.717) is 17.7 Å². The summed E-state index contributed by atoms with van der Waals surface area (Å²) in [5, 5.41) is 9.17. The smallest absolute Gasteiger partial charge is 0.265 e. The van der Waals surface area contributed by atoms with E-state index in [1.807, 2.05) is 30.3 Å². The maximum atomic E-state index is 13.4. The van der Waals surface area contributed by atoms with E-state index in [9.17, 15) is 14.0 Å². The van der Waals surface area contributed by atoms with Crippen LogP contribution in [0.25, 0.3) is 0 Å². The van der Waals surface area contributed by atoms with Crippen molar-refractivity contribution in [1.82, 2.24) is 10.6 Å². The molecule has 1 aliphatic rings. The summed E-state index contributed by atoms with van der Waals surface area (Å²) in [5.41, 5.74) is 1.99. The highest BCUT2D eigenvalue weighted by molar-refractivity contribution is 6.04. The lowest BCUT2D eigenvalue weighted by Gasteiger charge is -2.19. The van der Waals surface area contributed by atoms with Crippen LogP contribution in [0.4, 0.5) is 4.39 Å². The number of likely N-dealkylation sites (N-methyl/N-ethyl adjacent to an activating group) is 1. The molecule has 3 rings (SSSR count). The molecule has 2 atom stereocenters. The Kier molecular flexibility index (Phi) is 5.80. The van der Waals surface area contributed by atoms with Gasteiger partial charge in [0.2, 0.25) is 12.0 Å². The number of carbonyl (C=O) groups excluding carboxylic acids is 2. The molecular weight excluding hydrogens is 349 g/mol. The Bertz CT molecular complexity index is 855. The Morgan fingerprint density at radius 1 is 1.22 bits per heavy atom. The molecule has 0 aliphatic carbocycles. The van der Waals surface area contributed by atoms with Crippen LogP contribution in [0.3, 0.4) is 0 Å². The highest BCUT2D eigenvalue weighted by atomic mass is 19.1. The van der Waals surface area contributed by atoms with Gasteiger partial charge < -0.3 is 15.5 Å². The second-order valence-electron chi connectivity index (χ2n) is 6.21. The number of rotatable bonds is 6. The molecule has 6 nitrogen and oxygen atoms in total. The van der Waals surface area contributed by atoms with Gasteiger partial charge in [0.05, 0.1) is 5.71 Å². The monoisotopic (exact) mass is 369 g/mol. The van der Waals surface area contributed by atoms with E-state index in [1.54, 1.807) is 12.1 Å². The highest BCUT2D eigenvalue weighted by Gasteiger charge is 2.31. The zero-order valence-electron chi connectivity index (χ0n) is 14.8. The summed E-state index contributed by atoms with van der Waals surface area (Å²) in [6.45, 7) is 0. The fraction of sp³-hybridized carbons (Fsp3) is 0.250. The molecule has 7 heteroatoms. The first-order valence-corrected chi connectivity index (χ1v) is 8.61. The molecule has 2 amide bonds. The summed E-state index contributed by atoms with van der Waals surface area (Å²) >= 11 is 0. The molecule has 0 unspecified atom stereocenters. The molecule has 2 aromatic carbocycles. The number of hydrogen-bond donors (Lipinski definition) is 2. The minimum absolute atomic E-state index is 0.209. The molecule has 1 heterocycles.